The molecule has 0 aliphatic heterocycles. The molecule has 0 saturated heterocycles. The maximum atomic E-state index is 12.1. The quantitative estimate of drug-likeness (QED) is 0.632. The number of carbonyl (C=O) groups excluding carboxylic acids is 2. The molecular formula is C18H27NO3S. The Morgan fingerprint density at radius 3 is 2.30 bits per heavy atom. The van der Waals surface area contributed by atoms with E-state index < -0.39 is 5.97 Å². The molecule has 0 unspecified atom stereocenters. The normalized spacial score (nSPS) is 11.9. The molecule has 0 aliphatic rings. The Bertz CT molecular complexity index is 562. The summed E-state index contributed by atoms with van der Waals surface area (Å²) in [6.07, 6.45) is 2.73. The molecule has 0 bridgehead atoms. The zero-order valence-corrected chi connectivity index (χ0v) is 15.7. The average Bonchev–Trinajstić information content (AvgIpc) is 2.41. The maximum Gasteiger partial charge on any atom is 0.339 e. The number of ether oxygens (including phenoxy) is 1. The molecule has 1 amide bonds. The highest BCUT2D eigenvalue weighted by Crippen LogP contribution is 2.26. The Labute approximate surface area is 143 Å². The minimum absolute atomic E-state index is 0.102. The summed E-state index contributed by atoms with van der Waals surface area (Å²) in [6.45, 7) is 10.1. The van der Waals surface area contributed by atoms with Crippen LogP contribution >= 0.6 is 11.8 Å². The predicted octanol–water partition coefficient (Wildman–Crippen LogP) is 3.90. The number of hydrogen-bond acceptors (Lipinski definition) is 4. The molecule has 0 aromatic heterocycles. The third-order valence-electron chi connectivity index (χ3n) is 3.11. The first-order chi connectivity index (χ1) is 10.5. The highest BCUT2D eigenvalue weighted by Gasteiger charge is 2.27. The van der Waals surface area contributed by atoms with E-state index >= 15 is 0 Å². The van der Waals surface area contributed by atoms with Crippen LogP contribution in [0.4, 0.5) is 0 Å². The number of thioether (sulfide) groups is 1. The van der Waals surface area contributed by atoms with Gasteiger partial charge in [-0.25, -0.2) is 4.79 Å². The first kappa shape index (κ1) is 19.6. The molecule has 0 aliphatic carbocycles. The predicted molar refractivity (Wildman–Crippen MR) is 94.8 cm³/mol. The fourth-order valence-corrected chi connectivity index (χ4v) is 3.39. The van der Waals surface area contributed by atoms with Crippen molar-refractivity contribution in [3.8, 4) is 0 Å². The minimum atomic E-state index is -0.473. The van der Waals surface area contributed by atoms with Crippen molar-refractivity contribution in [1.82, 2.24) is 5.32 Å². The highest BCUT2D eigenvalue weighted by atomic mass is 32.2. The van der Waals surface area contributed by atoms with Crippen LogP contribution in [0.1, 0.15) is 51.4 Å². The van der Waals surface area contributed by atoms with Crippen LogP contribution in [0, 0.1) is 5.41 Å². The molecule has 23 heavy (non-hydrogen) atoms. The second kappa shape index (κ2) is 7.86. The average molecular weight is 337 g/mol. The number of nitrogens with one attached hydrogen (secondary N) is 1. The van der Waals surface area contributed by atoms with Crippen LogP contribution in [0.15, 0.2) is 29.2 Å². The summed E-state index contributed by atoms with van der Waals surface area (Å²) in [7, 11) is 0. The Kier molecular flexibility index (Phi) is 6.69. The second-order valence-electron chi connectivity index (χ2n) is 7.45. The van der Waals surface area contributed by atoms with Gasteiger partial charge in [0.05, 0.1) is 5.56 Å². The Hall–Kier alpha value is -1.49. The molecule has 0 spiro atoms. The van der Waals surface area contributed by atoms with Gasteiger partial charge >= 0.3 is 5.97 Å². The first-order valence-electron chi connectivity index (χ1n) is 7.65. The van der Waals surface area contributed by atoms with Crippen molar-refractivity contribution in [3.63, 3.8) is 0 Å². The molecule has 0 heterocycles. The SMILES string of the molecule is CSc1ccccc1C(=O)OCC(=O)NC(C)(C)CC(C)(C)C. The zero-order chi connectivity index (χ0) is 17.7. The molecule has 1 rings (SSSR count). The van der Waals surface area contributed by atoms with Crippen LogP contribution in [0.3, 0.4) is 0 Å². The molecule has 0 saturated carbocycles. The molecule has 1 aromatic carbocycles. The molecule has 128 valence electrons. The standard InChI is InChI=1S/C18H27NO3S/c1-17(2,3)12-18(4,5)19-15(20)11-22-16(21)13-9-7-8-10-14(13)23-6/h7-10H,11-12H2,1-6H3,(H,19,20). The summed E-state index contributed by atoms with van der Waals surface area (Å²) < 4.78 is 5.14. The summed E-state index contributed by atoms with van der Waals surface area (Å²) in [6, 6.07) is 7.20. The van der Waals surface area contributed by atoms with Crippen molar-refractivity contribution in [2.45, 2.75) is 51.5 Å². The van der Waals surface area contributed by atoms with Crippen molar-refractivity contribution in [1.29, 1.82) is 0 Å². The van der Waals surface area contributed by atoms with Crippen molar-refractivity contribution in [2.75, 3.05) is 12.9 Å². The Morgan fingerprint density at radius 1 is 1.13 bits per heavy atom. The lowest BCUT2D eigenvalue weighted by Crippen LogP contribution is -2.47. The summed E-state index contributed by atoms with van der Waals surface area (Å²) in [5.74, 6) is -0.757. The zero-order valence-electron chi connectivity index (χ0n) is 14.9. The van der Waals surface area contributed by atoms with E-state index in [4.69, 9.17) is 4.74 Å². The van der Waals surface area contributed by atoms with Crippen molar-refractivity contribution >= 4 is 23.6 Å². The summed E-state index contributed by atoms with van der Waals surface area (Å²) >= 11 is 1.47. The first-order valence-corrected chi connectivity index (χ1v) is 8.88. The summed E-state index contributed by atoms with van der Waals surface area (Å²) in [4.78, 5) is 25.0. The fourth-order valence-electron chi connectivity index (χ4n) is 2.81. The lowest BCUT2D eigenvalue weighted by molar-refractivity contribution is -0.126. The fraction of sp³-hybridized carbons (Fsp3) is 0.556. The van der Waals surface area contributed by atoms with E-state index in [0.717, 1.165) is 11.3 Å². The molecule has 0 radical (unpaired) electrons. The van der Waals surface area contributed by atoms with Gasteiger partial charge in [-0.15, -0.1) is 11.8 Å². The number of carbonyl (C=O) groups is 2. The topological polar surface area (TPSA) is 55.4 Å². The van der Waals surface area contributed by atoms with Crippen LogP contribution in [0.5, 0.6) is 0 Å². The van der Waals surface area contributed by atoms with Gasteiger partial charge in [-0.05, 0) is 44.1 Å². The lowest BCUT2D eigenvalue weighted by atomic mass is 9.82. The largest absolute Gasteiger partial charge is 0.452 e. The van der Waals surface area contributed by atoms with Gasteiger partial charge in [0, 0.05) is 10.4 Å². The number of esters is 1. The van der Waals surface area contributed by atoms with Crippen LogP contribution in [-0.4, -0.2) is 30.3 Å². The van der Waals surface area contributed by atoms with Crippen molar-refractivity contribution < 1.29 is 14.3 Å². The molecular weight excluding hydrogens is 310 g/mol. The molecule has 1 aromatic rings. The van der Waals surface area contributed by atoms with E-state index in [1.54, 1.807) is 12.1 Å². The van der Waals surface area contributed by atoms with E-state index in [0.29, 0.717) is 5.56 Å². The molecule has 1 N–H and O–H groups in total. The third-order valence-corrected chi connectivity index (χ3v) is 3.91. The molecule has 0 atom stereocenters. The maximum absolute atomic E-state index is 12.1. The summed E-state index contributed by atoms with van der Waals surface area (Å²) in [5, 5.41) is 2.93. The smallest absolute Gasteiger partial charge is 0.339 e. The van der Waals surface area contributed by atoms with Crippen molar-refractivity contribution in [3.05, 3.63) is 29.8 Å². The van der Waals surface area contributed by atoms with E-state index in [1.807, 2.05) is 32.2 Å². The van der Waals surface area contributed by atoms with E-state index in [9.17, 15) is 9.59 Å². The third kappa shape index (κ3) is 7.08. The Balaban J connectivity index is 2.58. The molecule has 5 heteroatoms. The lowest BCUT2D eigenvalue weighted by Gasteiger charge is -2.33. The van der Waals surface area contributed by atoms with E-state index in [-0.39, 0.29) is 23.5 Å². The van der Waals surface area contributed by atoms with Crippen LogP contribution in [0.2, 0.25) is 0 Å². The second-order valence-corrected chi connectivity index (χ2v) is 8.29. The number of hydrogen-bond donors (Lipinski definition) is 1. The van der Waals surface area contributed by atoms with Gasteiger partial charge in [-0.1, -0.05) is 32.9 Å². The number of benzene rings is 1. The number of rotatable bonds is 6. The summed E-state index contributed by atoms with van der Waals surface area (Å²) in [5.41, 5.74) is 0.241. The number of amides is 1. The van der Waals surface area contributed by atoms with Crippen LogP contribution in [-0.2, 0) is 9.53 Å². The van der Waals surface area contributed by atoms with Gasteiger partial charge in [0.15, 0.2) is 6.61 Å². The van der Waals surface area contributed by atoms with E-state index in [2.05, 4.69) is 26.1 Å². The van der Waals surface area contributed by atoms with Crippen LogP contribution in [0.25, 0.3) is 0 Å². The van der Waals surface area contributed by atoms with Crippen molar-refractivity contribution in [2.24, 2.45) is 5.41 Å². The Morgan fingerprint density at radius 2 is 1.74 bits per heavy atom. The van der Waals surface area contributed by atoms with E-state index in [1.165, 1.54) is 11.8 Å². The minimum Gasteiger partial charge on any atom is -0.452 e. The van der Waals surface area contributed by atoms with Gasteiger partial charge in [-0.2, -0.15) is 0 Å². The monoisotopic (exact) mass is 337 g/mol. The molecule has 4 nitrogen and oxygen atoms in total. The van der Waals surface area contributed by atoms with Gasteiger partial charge in [0.2, 0.25) is 0 Å². The highest BCUT2D eigenvalue weighted by molar-refractivity contribution is 7.98. The van der Waals surface area contributed by atoms with Crippen LogP contribution < -0.4 is 5.32 Å². The molecule has 0 fully saturated rings. The van der Waals surface area contributed by atoms with Gasteiger partial charge in [0.1, 0.15) is 0 Å². The van der Waals surface area contributed by atoms with Gasteiger partial charge in [0.25, 0.3) is 5.91 Å². The van der Waals surface area contributed by atoms with Gasteiger partial charge in [-0.3, -0.25) is 4.79 Å². The van der Waals surface area contributed by atoms with Gasteiger partial charge < -0.3 is 10.1 Å².